The van der Waals surface area contributed by atoms with Crippen LogP contribution in [0.5, 0.6) is 11.5 Å². The van der Waals surface area contributed by atoms with E-state index in [0.717, 1.165) is 30.1 Å². The highest BCUT2D eigenvalue weighted by Crippen LogP contribution is 2.31. The number of methoxy groups -OCH3 is 2. The second-order valence-electron chi connectivity index (χ2n) is 4.54. The molecule has 3 N–H and O–H groups in total. The van der Waals surface area contributed by atoms with Gasteiger partial charge in [0.05, 0.1) is 19.9 Å². The number of anilines is 3. The quantitative estimate of drug-likeness (QED) is 0.850. The summed E-state index contributed by atoms with van der Waals surface area (Å²) in [5, 5.41) is 3.20. The molecule has 0 aliphatic carbocycles. The molecule has 0 atom stereocenters. The number of aryl methyl sites for hydroxylation is 1. The summed E-state index contributed by atoms with van der Waals surface area (Å²) in [4.78, 5) is 8.66. The summed E-state index contributed by atoms with van der Waals surface area (Å²) in [6, 6.07) is 7.22. The molecule has 0 fully saturated rings. The number of nitrogens with two attached hydrogens (primary N) is 1. The smallest absolute Gasteiger partial charge is 0.146 e. The van der Waals surface area contributed by atoms with Crippen LogP contribution < -0.4 is 20.5 Å². The van der Waals surface area contributed by atoms with Crippen molar-refractivity contribution in [3.05, 3.63) is 30.1 Å². The molecule has 0 saturated heterocycles. The predicted octanol–water partition coefficient (Wildman–Crippen LogP) is 2.77. The van der Waals surface area contributed by atoms with Crippen molar-refractivity contribution in [2.24, 2.45) is 0 Å². The van der Waals surface area contributed by atoms with Crippen LogP contribution >= 0.6 is 0 Å². The van der Waals surface area contributed by atoms with Gasteiger partial charge in [-0.1, -0.05) is 6.92 Å². The summed E-state index contributed by atoms with van der Waals surface area (Å²) >= 11 is 0. The van der Waals surface area contributed by atoms with E-state index < -0.39 is 0 Å². The molecule has 0 spiro atoms. The Bertz CT molecular complexity index is 617. The Hall–Kier alpha value is -2.50. The first-order valence-corrected chi connectivity index (χ1v) is 6.78. The standard InChI is InChI=1S/C15H20N4O2/c1-4-5-14-18-13(16)9-15(19-14)17-11-7-6-10(20-2)8-12(11)21-3/h6-9H,4-5H2,1-3H3,(H3,16,17,18,19). The number of hydrogen-bond donors (Lipinski definition) is 2. The van der Waals surface area contributed by atoms with Crippen molar-refractivity contribution in [3.8, 4) is 11.5 Å². The van der Waals surface area contributed by atoms with Crippen LogP contribution in [0.4, 0.5) is 17.3 Å². The summed E-state index contributed by atoms with van der Waals surface area (Å²) < 4.78 is 10.5. The minimum absolute atomic E-state index is 0.448. The highest BCUT2D eigenvalue weighted by molar-refractivity contribution is 5.66. The second-order valence-corrected chi connectivity index (χ2v) is 4.54. The summed E-state index contributed by atoms with van der Waals surface area (Å²) in [7, 11) is 3.22. The molecular formula is C15H20N4O2. The first-order valence-electron chi connectivity index (χ1n) is 6.78. The van der Waals surface area contributed by atoms with Gasteiger partial charge < -0.3 is 20.5 Å². The zero-order valence-corrected chi connectivity index (χ0v) is 12.5. The van der Waals surface area contributed by atoms with E-state index >= 15 is 0 Å². The third-order valence-corrected chi connectivity index (χ3v) is 2.94. The third kappa shape index (κ3) is 3.75. The molecule has 1 heterocycles. The van der Waals surface area contributed by atoms with Crippen LogP contribution in [-0.4, -0.2) is 24.2 Å². The summed E-state index contributed by atoms with van der Waals surface area (Å²) in [6.07, 6.45) is 1.76. The molecule has 112 valence electrons. The fourth-order valence-corrected chi connectivity index (χ4v) is 1.96. The Balaban J connectivity index is 2.29. The van der Waals surface area contributed by atoms with Crippen LogP contribution in [0.3, 0.4) is 0 Å². The number of nitrogen functional groups attached to an aromatic ring is 1. The topological polar surface area (TPSA) is 82.3 Å². The zero-order chi connectivity index (χ0) is 15.2. The molecule has 0 unspecified atom stereocenters. The van der Waals surface area contributed by atoms with Gasteiger partial charge in [0.1, 0.15) is 29.0 Å². The van der Waals surface area contributed by atoms with Crippen LogP contribution in [0.25, 0.3) is 0 Å². The molecule has 1 aromatic carbocycles. The fraction of sp³-hybridized carbons (Fsp3) is 0.333. The summed E-state index contributed by atoms with van der Waals surface area (Å²) in [5.41, 5.74) is 6.61. The SMILES string of the molecule is CCCc1nc(N)cc(Nc2ccc(OC)cc2OC)n1. The van der Waals surface area contributed by atoms with E-state index in [1.165, 1.54) is 0 Å². The molecule has 0 aliphatic rings. The van der Waals surface area contributed by atoms with Gasteiger partial charge in [-0.25, -0.2) is 9.97 Å². The van der Waals surface area contributed by atoms with Crippen LogP contribution in [0.2, 0.25) is 0 Å². The Morgan fingerprint density at radius 3 is 2.62 bits per heavy atom. The Labute approximate surface area is 124 Å². The highest BCUT2D eigenvalue weighted by atomic mass is 16.5. The van der Waals surface area contributed by atoms with E-state index in [4.69, 9.17) is 15.2 Å². The molecule has 21 heavy (non-hydrogen) atoms. The van der Waals surface area contributed by atoms with Gasteiger partial charge in [-0.2, -0.15) is 0 Å². The molecule has 0 radical (unpaired) electrons. The number of rotatable bonds is 6. The van der Waals surface area contributed by atoms with Gasteiger partial charge in [0.25, 0.3) is 0 Å². The maximum Gasteiger partial charge on any atom is 0.146 e. The van der Waals surface area contributed by atoms with Gasteiger partial charge >= 0.3 is 0 Å². The molecule has 0 amide bonds. The number of hydrogen-bond acceptors (Lipinski definition) is 6. The number of aromatic nitrogens is 2. The first kappa shape index (κ1) is 14.9. The van der Waals surface area contributed by atoms with E-state index in [2.05, 4.69) is 22.2 Å². The zero-order valence-electron chi connectivity index (χ0n) is 12.5. The number of nitrogens with zero attached hydrogens (tertiary/aromatic N) is 2. The monoisotopic (exact) mass is 288 g/mol. The molecule has 6 heteroatoms. The van der Waals surface area contributed by atoms with E-state index in [0.29, 0.717) is 17.4 Å². The van der Waals surface area contributed by atoms with Crippen LogP contribution in [-0.2, 0) is 6.42 Å². The minimum atomic E-state index is 0.448. The van der Waals surface area contributed by atoms with Crippen LogP contribution in [0, 0.1) is 0 Å². The number of ether oxygens (including phenoxy) is 2. The lowest BCUT2D eigenvalue weighted by Gasteiger charge is -2.13. The lowest BCUT2D eigenvalue weighted by atomic mass is 10.2. The van der Waals surface area contributed by atoms with Gasteiger partial charge in [0.2, 0.25) is 0 Å². The lowest BCUT2D eigenvalue weighted by Crippen LogP contribution is -2.04. The van der Waals surface area contributed by atoms with Crippen molar-refractivity contribution in [3.63, 3.8) is 0 Å². The van der Waals surface area contributed by atoms with Gasteiger partial charge in [0.15, 0.2) is 0 Å². The average molecular weight is 288 g/mol. The number of nitrogens with one attached hydrogen (secondary N) is 1. The van der Waals surface area contributed by atoms with Crippen molar-refractivity contribution in [2.75, 3.05) is 25.3 Å². The van der Waals surface area contributed by atoms with E-state index in [1.807, 2.05) is 12.1 Å². The predicted molar refractivity (Wildman–Crippen MR) is 83.3 cm³/mol. The van der Waals surface area contributed by atoms with Crippen LogP contribution in [0.1, 0.15) is 19.2 Å². The largest absolute Gasteiger partial charge is 0.497 e. The maximum absolute atomic E-state index is 5.82. The number of benzene rings is 1. The third-order valence-electron chi connectivity index (χ3n) is 2.94. The van der Waals surface area contributed by atoms with E-state index in [-0.39, 0.29) is 0 Å². The molecule has 0 aliphatic heterocycles. The highest BCUT2D eigenvalue weighted by Gasteiger charge is 2.08. The van der Waals surface area contributed by atoms with Crippen molar-refractivity contribution in [2.45, 2.75) is 19.8 Å². The Kier molecular flexibility index (Phi) is 4.81. The van der Waals surface area contributed by atoms with Gasteiger partial charge in [0, 0.05) is 18.6 Å². The molecule has 2 rings (SSSR count). The van der Waals surface area contributed by atoms with Crippen LogP contribution in [0.15, 0.2) is 24.3 Å². The molecule has 6 nitrogen and oxygen atoms in total. The molecule has 2 aromatic rings. The Morgan fingerprint density at radius 2 is 1.95 bits per heavy atom. The molecular weight excluding hydrogens is 268 g/mol. The van der Waals surface area contributed by atoms with E-state index in [1.54, 1.807) is 26.4 Å². The molecule has 0 saturated carbocycles. The lowest BCUT2D eigenvalue weighted by molar-refractivity contribution is 0.395. The fourth-order valence-electron chi connectivity index (χ4n) is 1.96. The van der Waals surface area contributed by atoms with Crippen molar-refractivity contribution < 1.29 is 9.47 Å². The Morgan fingerprint density at radius 1 is 1.14 bits per heavy atom. The summed E-state index contributed by atoms with van der Waals surface area (Å²) in [6.45, 7) is 2.08. The molecule has 1 aromatic heterocycles. The van der Waals surface area contributed by atoms with E-state index in [9.17, 15) is 0 Å². The minimum Gasteiger partial charge on any atom is -0.497 e. The molecule has 0 bridgehead atoms. The maximum atomic E-state index is 5.82. The first-order chi connectivity index (χ1) is 10.2. The van der Waals surface area contributed by atoms with Gasteiger partial charge in [-0.05, 0) is 18.6 Å². The van der Waals surface area contributed by atoms with Gasteiger partial charge in [-0.15, -0.1) is 0 Å². The van der Waals surface area contributed by atoms with Crippen molar-refractivity contribution >= 4 is 17.3 Å². The second kappa shape index (κ2) is 6.78. The van der Waals surface area contributed by atoms with Crippen molar-refractivity contribution in [1.29, 1.82) is 0 Å². The average Bonchev–Trinajstić information content (AvgIpc) is 2.47. The van der Waals surface area contributed by atoms with Crippen molar-refractivity contribution in [1.82, 2.24) is 9.97 Å². The summed E-state index contributed by atoms with van der Waals surface area (Å²) in [5.74, 6) is 3.22. The normalized spacial score (nSPS) is 10.2. The van der Waals surface area contributed by atoms with Gasteiger partial charge in [-0.3, -0.25) is 0 Å².